The van der Waals surface area contributed by atoms with E-state index in [2.05, 4.69) is 17.1 Å². The Morgan fingerprint density at radius 1 is 1.04 bits per heavy atom. The van der Waals surface area contributed by atoms with Crippen molar-refractivity contribution in [1.29, 1.82) is 0 Å². The summed E-state index contributed by atoms with van der Waals surface area (Å²) in [5.74, 6) is 0.801. The summed E-state index contributed by atoms with van der Waals surface area (Å²) < 4.78 is 18.6. The monoisotopic (exact) mass is 342 g/mol. The average Bonchev–Trinajstić information content (AvgIpc) is 3.15. The van der Waals surface area contributed by atoms with Crippen LogP contribution in [0.15, 0.2) is 60.1 Å². The van der Waals surface area contributed by atoms with Crippen molar-refractivity contribution in [3.8, 4) is 5.75 Å². The number of thiazole rings is 1. The first-order valence-corrected chi connectivity index (χ1v) is 8.68. The van der Waals surface area contributed by atoms with Crippen molar-refractivity contribution < 1.29 is 9.13 Å². The summed E-state index contributed by atoms with van der Waals surface area (Å²) in [7, 11) is 0. The molecule has 1 atom stereocenters. The fraction of sp³-hybridized carbons (Fsp3) is 0.211. The molecule has 0 aliphatic heterocycles. The number of nitrogens with two attached hydrogens (primary N) is 1. The molecule has 0 fully saturated rings. The number of ether oxygens (including phenoxy) is 1. The molecule has 2 aromatic carbocycles. The van der Waals surface area contributed by atoms with Gasteiger partial charge in [0.25, 0.3) is 0 Å². The van der Waals surface area contributed by atoms with E-state index < -0.39 is 0 Å². The Labute approximate surface area is 144 Å². The van der Waals surface area contributed by atoms with E-state index in [0.717, 1.165) is 22.7 Å². The van der Waals surface area contributed by atoms with Crippen LogP contribution in [0.25, 0.3) is 0 Å². The van der Waals surface area contributed by atoms with E-state index in [1.165, 1.54) is 17.7 Å². The first kappa shape index (κ1) is 16.6. The van der Waals surface area contributed by atoms with Gasteiger partial charge >= 0.3 is 0 Å². The van der Waals surface area contributed by atoms with Gasteiger partial charge < -0.3 is 10.5 Å². The maximum atomic E-state index is 12.9. The predicted octanol–water partition coefficient (Wildman–Crippen LogP) is 4.15. The Bertz CT molecular complexity index is 742. The Morgan fingerprint density at radius 2 is 1.75 bits per heavy atom. The largest absolute Gasteiger partial charge is 0.489 e. The summed E-state index contributed by atoms with van der Waals surface area (Å²) in [5, 5.41) is 3.05. The molecule has 0 aliphatic rings. The molecule has 0 saturated heterocycles. The molecule has 0 saturated carbocycles. The van der Waals surface area contributed by atoms with Crippen molar-refractivity contribution in [2.75, 3.05) is 6.54 Å². The van der Waals surface area contributed by atoms with E-state index >= 15 is 0 Å². The standard InChI is InChI=1S/C19H19FN2OS/c20-17-5-1-15(2-6-17)13-23-18-7-3-14(4-8-18)11-16(12-21)19-22-9-10-24-19/h1-10,16H,11-13,21H2. The lowest BCUT2D eigenvalue weighted by Crippen LogP contribution is -2.14. The van der Waals surface area contributed by atoms with Gasteiger partial charge in [-0.1, -0.05) is 24.3 Å². The average molecular weight is 342 g/mol. The highest BCUT2D eigenvalue weighted by molar-refractivity contribution is 7.09. The van der Waals surface area contributed by atoms with Crippen LogP contribution >= 0.6 is 11.3 Å². The van der Waals surface area contributed by atoms with E-state index in [1.54, 1.807) is 23.5 Å². The lowest BCUT2D eigenvalue weighted by Gasteiger charge is -2.12. The van der Waals surface area contributed by atoms with Crippen molar-refractivity contribution in [2.45, 2.75) is 18.9 Å². The number of nitrogens with zero attached hydrogens (tertiary/aromatic N) is 1. The van der Waals surface area contributed by atoms with Crippen LogP contribution in [0.2, 0.25) is 0 Å². The highest BCUT2D eigenvalue weighted by Crippen LogP contribution is 2.23. The Kier molecular flexibility index (Phi) is 5.56. The Hall–Kier alpha value is -2.24. The van der Waals surface area contributed by atoms with Crippen molar-refractivity contribution in [2.24, 2.45) is 5.73 Å². The molecule has 0 aliphatic carbocycles. The van der Waals surface area contributed by atoms with Crippen LogP contribution in [-0.2, 0) is 13.0 Å². The SMILES string of the molecule is NCC(Cc1ccc(OCc2ccc(F)cc2)cc1)c1nccs1. The number of hydrogen-bond acceptors (Lipinski definition) is 4. The van der Waals surface area contributed by atoms with Crippen LogP contribution in [0.4, 0.5) is 4.39 Å². The maximum Gasteiger partial charge on any atom is 0.123 e. The van der Waals surface area contributed by atoms with Gasteiger partial charge in [0.15, 0.2) is 0 Å². The lowest BCUT2D eigenvalue weighted by molar-refractivity contribution is 0.306. The summed E-state index contributed by atoms with van der Waals surface area (Å²) in [6.07, 6.45) is 2.68. The normalized spacial score (nSPS) is 12.1. The molecule has 2 N–H and O–H groups in total. The molecule has 24 heavy (non-hydrogen) atoms. The van der Waals surface area contributed by atoms with Gasteiger partial charge in [0.1, 0.15) is 18.2 Å². The topological polar surface area (TPSA) is 48.1 Å². The van der Waals surface area contributed by atoms with Crippen molar-refractivity contribution in [1.82, 2.24) is 4.98 Å². The van der Waals surface area contributed by atoms with Gasteiger partial charge in [-0.3, -0.25) is 0 Å². The van der Waals surface area contributed by atoms with Gasteiger partial charge in [-0.15, -0.1) is 11.3 Å². The van der Waals surface area contributed by atoms with Crippen LogP contribution in [-0.4, -0.2) is 11.5 Å². The molecule has 3 aromatic rings. The molecule has 3 nitrogen and oxygen atoms in total. The van der Waals surface area contributed by atoms with Crippen LogP contribution < -0.4 is 10.5 Å². The molecule has 0 bridgehead atoms. The summed E-state index contributed by atoms with van der Waals surface area (Å²) >= 11 is 1.64. The van der Waals surface area contributed by atoms with E-state index in [1.807, 2.05) is 23.7 Å². The fourth-order valence-corrected chi connectivity index (χ4v) is 3.22. The summed E-state index contributed by atoms with van der Waals surface area (Å²) in [5.41, 5.74) is 8.02. The van der Waals surface area contributed by atoms with Crippen LogP contribution in [0, 0.1) is 5.82 Å². The molecular weight excluding hydrogens is 323 g/mol. The maximum absolute atomic E-state index is 12.9. The van der Waals surface area contributed by atoms with Gasteiger partial charge in [-0.05, 0) is 41.8 Å². The minimum atomic E-state index is -0.238. The molecular formula is C19H19FN2OS. The minimum absolute atomic E-state index is 0.238. The zero-order valence-electron chi connectivity index (χ0n) is 13.2. The Balaban J connectivity index is 1.57. The zero-order valence-corrected chi connectivity index (χ0v) is 14.0. The van der Waals surface area contributed by atoms with E-state index in [-0.39, 0.29) is 11.7 Å². The van der Waals surface area contributed by atoms with Crippen molar-refractivity contribution in [3.63, 3.8) is 0 Å². The molecule has 5 heteroatoms. The summed E-state index contributed by atoms with van der Waals surface area (Å²) in [6.45, 7) is 1.00. The smallest absolute Gasteiger partial charge is 0.123 e. The summed E-state index contributed by atoms with van der Waals surface area (Å²) in [6, 6.07) is 14.3. The number of rotatable bonds is 7. The highest BCUT2D eigenvalue weighted by Gasteiger charge is 2.13. The number of hydrogen-bond donors (Lipinski definition) is 1. The quantitative estimate of drug-likeness (QED) is 0.702. The summed E-state index contributed by atoms with van der Waals surface area (Å²) in [4.78, 5) is 4.36. The minimum Gasteiger partial charge on any atom is -0.489 e. The molecule has 1 unspecified atom stereocenters. The number of halogens is 1. The molecule has 1 heterocycles. The molecule has 124 valence electrons. The van der Waals surface area contributed by atoms with Gasteiger partial charge in [-0.2, -0.15) is 0 Å². The predicted molar refractivity (Wildman–Crippen MR) is 94.8 cm³/mol. The second-order valence-electron chi connectivity index (χ2n) is 5.57. The molecule has 0 radical (unpaired) electrons. The number of aromatic nitrogens is 1. The first-order chi connectivity index (χ1) is 11.7. The van der Waals surface area contributed by atoms with Crippen LogP contribution in [0.5, 0.6) is 5.75 Å². The second-order valence-corrected chi connectivity index (χ2v) is 6.49. The van der Waals surface area contributed by atoms with Gasteiger partial charge in [0.2, 0.25) is 0 Å². The van der Waals surface area contributed by atoms with Crippen LogP contribution in [0.3, 0.4) is 0 Å². The molecule has 0 amide bonds. The fourth-order valence-electron chi connectivity index (χ4n) is 2.46. The second kappa shape index (κ2) is 8.04. The number of benzene rings is 2. The van der Waals surface area contributed by atoms with E-state index in [4.69, 9.17) is 10.5 Å². The van der Waals surface area contributed by atoms with Crippen molar-refractivity contribution >= 4 is 11.3 Å². The third-order valence-corrected chi connectivity index (χ3v) is 4.75. The first-order valence-electron chi connectivity index (χ1n) is 7.80. The zero-order chi connectivity index (χ0) is 16.8. The van der Waals surface area contributed by atoms with Crippen molar-refractivity contribution in [3.05, 3.63) is 82.1 Å². The highest BCUT2D eigenvalue weighted by atomic mass is 32.1. The van der Waals surface area contributed by atoms with E-state index in [9.17, 15) is 4.39 Å². The van der Waals surface area contributed by atoms with Gasteiger partial charge in [0.05, 0.1) is 5.01 Å². The lowest BCUT2D eigenvalue weighted by atomic mass is 10.00. The molecule has 0 spiro atoms. The van der Waals surface area contributed by atoms with Gasteiger partial charge in [-0.25, -0.2) is 9.37 Å². The van der Waals surface area contributed by atoms with E-state index in [0.29, 0.717) is 13.2 Å². The molecule has 3 rings (SSSR count). The third-order valence-electron chi connectivity index (χ3n) is 3.81. The van der Waals surface area contributed by atoms with Crippen LogP contribution in [0.1, 0.15) is 22.1 Å². The molecule has 1 aromatic heterocycles. The Morgan fingerprint density at radius 3 is 2.38 bits per heavy atom. The third kappa shape index (κ3) is 4.40. The van der Waals surface area contributed by atoms with Gasteiger partial charge in [0, 0.05) is 24.0 Å².